The van der Waals surface area contributed by atoms with Crippen molar-refractivity contribution in [3.8, 4) is 12.3 Å². The Kier molecular flexibility index (Phi) is 2.90. The Hall–Kier alpha value is -2.17. The molecule has 1 aromatic heterocycles. The van der Waals surface area contributed by atoms with Gasteiger partial charge in [0.05, 0.1) is 12.8 Å². The van der Waals surface area contributed by atoms with Crippen LogP contribution in [0.1, 0.15) is 6.23 Å². The van der Waals surface area contributed by atoms with Gasteiger partial charge in [0, 0.05) is 0 Å². The summed E-state index contributed by atoms with van der Waals surface area (Å²) in [7, 11) is 0. The van der Waals surface area contributed by atoms with Gasteiger partial charge in [0.15, 0.2) is 11.8 Å². The summed E-state index contributed by atoms with van der Waals surface area (Å²) >= 11 is 0. The smallest absolute Gasteiger partial charge is 0.330 e. The Morgan fingerprint density at radius 2 is 2.39 bits per heavy atom. The molecule has 1 aliphatic rings. The normalized spacial score (nSPS) is 26.2. The molecule has 0 radical (unpaired) electrons. The Morgan fingerprint density at radius 3 is 2.94 bits per heavy atom. The molecule has 0 spiro atoms. The molecule has 2 heterocycles. The number of halogens is 1. The monoisotopic (exact) mass is 252 g/mol. The van der Waals surface area contributed by atoms with E-state index >= 15 is 0 Å². The van der Waals surface area contributed by atoms with Crippen molar-refractivity contribution in [2.75, 3.05) is 6.61 Å². The van der Waals surface area contributed by atoms with E-state index in [1.54, 1.807) is 4.98 Å². The molecule has 1 aliphatic heterocycles. The molecule has 0 amide bonds. The minimum absolute atomic E-state index is 0.475. The zero-order chi connectivity index (χ0) is 13.3. The van der Waals surface area contributed by atoms with Crippen LogP contribution in [0, 0.1) is 18.2 Å². The maximum Gasteiger partial charge on any atom is 0.330 e. The summed E-state index contributed by atoms with van der Waals surface area (Å²) < 4.78 is 19.2. The van der Waals surface area contributed by atoms with Crippen molar-refractivity contribution >= 4 is 0 Å². The Balaban J connectivity index is 2.41. The van der Waals surface area contributed by atoms with Gasteiger partial charge >= 0.3 is 5.69 Å². The van der Waals surface area contributed by atoms with Crippen LogP contribution >= 0.6 is 0 Å². The van der Waals surface area contributed by atoms with Crippen LogP contribution in [0.2, 0.25) is 0 Å². The summed E-state index contributed by atoms with van der Waals surface area (Å²) in [6.45, 7) is -0.475. The molecule has 1 unspecified atom stereocenters. The predicted octanol–water partition coefficient (Wildman–Crippen LogP) is -0.875. The molecule has 0 bridgehead atoms. The lowest BCUT2D eigenvalue weighted by atomic mass is 10.1. The molecule has 0 saturated carbocycles. The van der Waals surface area contributed by atoms with Gasteiger partial charge in [-0.15, -0.1) is 6.42 Å². The van der Waals surface area contributed by atoms with Crippen LogP contribution in [0.3, 0.4) is 0 Å². The van der Waals surface area contributed by atoms with E-state index in [1.807, 2.05) is 0 Å². The molecule has 0 aliphatic carbocycles. The van der Waals surface area contributed by atoms with Gasteiger partial charge in [0.25, 0.3) is 5.56 Å². The molecule has 0 fully saturated rings. The number of ether oxygens (including phenoxy) is 1. The Morgan fingerprint density at radius 1 is 1.67 bits per heavy atom. The molecular weight excluding hydrogens is 243 g/mol. The fourth-order valence-electron chi connectivity index (χ4n) is 1.55. The van der Waals surface area contributed by atoms with E-state index < -0.39 is 35.5 Å². The highest BCUT2D eigenvalue weighted by molar-refractivity contribution is 5.24. The van der Waals surface area contributed by atoms with Gasteiger partial charge < -0.3 is 9.84 Å². The third kappa shape index (κ3) is 1.88. The van der Waals surface area contributed by atoms with Crippen molar-refractivity contribution in [2.24, 2.45) is 0 Å². The first-order chi connectivity index (χ1) is 8.51. The number of nitrogens with zero attached hydrogens (tertiary/aromatic N) is 1. The third-order valence-electron chi connectivity index (χ3n) is 2.54. The Labute approximate surface area is 100 Å². The van der Waals surface area contributed by atoms with Crippen LogP contribution in [0.5, 0.6) is 0 Å². The molecule has 2 atom stereocenters. The predicted molar refractivity (Wildman–Crippen MR) is 59.2 cm³/mol. The summed E-state index contributed by atoms with van der Waals surface area (Å²) in [5, 5.41) is 9.11. The summed E-state index contributed by atoms with van der Waals surface area (Å²) in [5.41, 5.74) is -3.28. The number of aliphatic hydroxyl groups excluding tert-OH is 1. The number of hydrogen-bond donors (Lipinski definition) is 2. The maximum atomic E-state index is 13.1. The highest BCUT2D eigenvalue weighted by Gasteiger charge is 2.34. The lowest BCUT2D eigenvalue weighted by Gasteiger charge is -2.21. The van der Waals surface area contributed by atoms with Crippen molar-refractivity contribution in [2.45, 2.75) is 11.8 Å². The molecule has 94 valence electrons. The molecule has 1 aromatic rings. The van der Waals surface area contributed by atoms with E-state index in [4.69, 9.17) is 16.3 Å². The zero-order valence-corrected chi connectivity index (χ0v) is 9.09. The second-order valence-electron chi connectivity index (χ2n) is 3.70. The minimum Gasteiger partial charge on any atom is -0.392 e. The molecular formula is C11H9FN2O4. The van der Waals surface area contributed by atoms with Crippen molar-refractivity contribution in [3.05, 3.63) is 45.0 Å². The fourth-order valence-corrected chi connectivity index (χ4v) is 1.55. The van der Waals surface area contributed by atoms with Gasteiger partial charge in [-0.25, -0.2) is 4.79 Å². The van der Waals surface area contributed by atoms with Gasteiger partial charge in [0.1, 0.15) is 0 Å². The lowest BCUT2D eigenvalue weighted by Crippen LogP contribution is -2.37. The van der Waals surface area contributed by atoms with Crippen LogP contribution in [0.4, 0.5) is 4.39 Å². The van der Waals surface area contributed by atoms with Gasteiger partial charge in [0.2, 0.25) is 5.82 Å². The number of aliphatic hydroxyl groups is 1. The third-order valence-corrected chi connectivity index (χ3v) is 2.54. The largest absolute Gasteiger partial charge is 0.392 e. The first kappa shape index (κ1) is 12.3. The van der Waals surface area contributed by atoms with Crippen LogP contribution in [0.15, 0.2) is 27.9 Å². The van der Waals surface area contributed by atoms with E-state index in [9.17, 15) is 14.0 Å². The first-order valence-electron chi connectivity index (χ1n) is 4.98. The van der Waals surface area contributed by atoms with E-state index in [2.05, 4.69) is 5.92 Å². The standard InChI is InChI=1S/C11H9FN2O4/c1-2-11(6-15)4-3-8(18-11)14-5-7(12)9(16)13-10(14)17/h1,3-5,8,15H,6H2,(H,13,16,17)/t8?,11-/m0/s1. The summed E-state index contributed by atoms with van der Waals surface area (Å²) in [6.07, 6.45) is 7.74. The molecule has 18 heavy (non-hydrogen) atoms. The van der Waals surface area contributed by atoms with Crippen LogP contribution in [-0.4, -0.2) is 26.9 Å². The zero-order valence-electron chi connectivity index (χ0n) is 9.09. The topological polar surface area (TPSA) is 84.3 Å². The highest BCUT2D eigenvalue weighted by Crippen LogP contribution is 2.27. The first-order valence-corrected chi connectivity index (χ1v) is 4.98. The van der Waals surface area contributed by atoms with Crippen molar-refractivity contribution < 1.29 is 14.2 Å². The number of H-pyrrole nitrogens is 1. The second-order valence-corrected chi connectivity index (χ2v) is 3.70. The highest BCUT2D eigenvalue weighted by atomic mass is 19.1. The van der Waals surface area contributed by atoms with Gasteiger partial charge in [-0.1, -0.05) is 5.92 Å². The van der Waals surface area contributed by atoms with Crippen molar-refractivity contribution in [1.82, 2.24) is 9.55 Å². The molecule has 6 nitrogen and oxygen atoms in total. The second kappa shape index (κ2) is 4.25. The summed E-state index contributed by atoms with van der Waals surface area (Å²) in [5.74, 6) is 1.12. The van der Waals surface area contributed by atoms with E-state index in [-0.39, 0.29) is 0 Å². The van der Waals surface area contributed by atoms with E-state index in [1.165, 1.54) is 12.2 Å². The van der Waals surface area contributed by atoms with Crippen LogP contribution < -0.4 is 11.2 Å². The summed E-state index contributed by atoms with van der Waals surface area (Å²) in [4.78, 5) is 24.1. The molecule has 0 saturated heterocycles. The number of hydrogen-bond acceptors (Lipinski definition) is 4. The minimum atomic E-state index is -1.34. The number of aromatic nitrogens is 2. The molecule has 2 rings (SSSR count). The van der Waals surface area contributed by atoms with Gasteiger partial charge in [-0.3, -0.25) is 14.3 Å². The van der Waals surface area contributed by atoms with Gasteiger partial charge in [-0.2, -0.15) is 4.39 Å². The molecule has 0 aromatic carbocycles. The fraction of sp³-hybridized carbons (Fsp3) is 0.273. The van der Waals surface area contributed by atoms with Gasteiger partial charge in [-0.05, 0) is 12.2 Å². The quantitative estimate of drug-likeness (QED) is 0.529. The van der Waals surface area contributed by atoms with Crippen LogP contribution in [0.25, 0.3) is 0 Å². The van der Waals surface area contributed by atoms with E-state index in [0.717, 1.165) is 10.8 Å². The van der Waals surface area contributed by atoms with Crippen molar-refractivity contribution in [3.63, 3.8) is 0 Å². The molecule has 2 N–H and O–H groups in total. The molecule has 7 heteroatoms. The average molecular weight is 252 g/mol. The van der Waals surface area contributed by atoms with Crippen molar-refractivity contribution in [1.29, 1.82) is 0 Å². The summed E-state index contributed by atoms with van der Waals surface area (Å²) in [6, 6.07) is 0. The van der Waals surface area contributed by atoms with Crippen LogP contribution in [-0.2, 0) is 4.74 Å². The SMILES string of the molecule is C#C[C@@]1(CO)C=CC(n2cc(F)c(=O)[nH]c2=O)O1. The number of nitrogens with one attached hydrogen (secondary N) is 1. The number of rotatable bonds is 2. The average Bonchev–Trinajstić information content (AvgIpc) is 2.79. The number of terminal acetylenes is 1. The lowest BCUT2D eigenvalue weighted by molar-refractivity contribution is -0.0506. The Bertz CT molecular complexity index is 654. The maximum absolute atomic E-state index is 13.1. The van der Waals surface area contributed by atoms with E-state index in [0.29, 0.717) is 0 Å². The number of aromatic amines is 1.